The molecule has 1 aromatic heterocycles. The number of benzene rings is 3. The summed E-state index contributed by atoms with van der Waals surface area (Å²) in [6.45, 7) is 2.90. The third-order valence-corrected chi connectivity index (χ3v) is 7.02. The van der Waals surface area contributed by atoms with E-state index in [0.29, 0.717) is 52.6 Å². The van der Waals surface area contributed by atoms with E-state index in [1.807, 2.05) is 67.6 Å². The quantitative estimate of drug-likeness (QED) is 0.209. The van der Waals surface area contributed by atoms with Crippen molar-refractivity contribution in [1.29, 1.82) is 0 Å². The molecule has 0 aliphatic heterocycles. The molecule has 0 fully saturated rings. The lowest BCUT2D eigenvalue weighted by molar-refractivity contribution is -0.116. The zero-order chi connectivity index (χ0) is 29.0. The van der Waals surface area contributed by atoms with Gasteiger partial charge in [0.25, 0.3) is 0 Å². The SMILES string of the molecule is CCOc1ccccc1NC(=O)N(CCC(=O)Nc1nnc(-c2ccccc2)s1)CCc1ccc(OC)c(OC)c1. The summed E-state index contributed by atoms with van der Waals surface area (Å²) in [5.74, 6) is 1.55. The molecule has 3 amide bonds. The fourth-order valence-corrected chi connectivity index (χ4v) is 4.82. The van der Waals surface area contributed by atoms with Gasteiger partial charge in [-0.05, 0) is 43.2 Å². The minimum absolute atomic E-state index is 0.0761. The van der Waals surface area contributed by atoms with E-state index in [1.165, 1.54) is 11.3 Å². The van der Waals surface area contributed by atoms with Crippen molar-refractivity contribution >= 4 is 34.1 Å². The van der Waals surface area contributed by atoms with Crippen LogP contribution in [0.15, 0.2) is 72.8 Å². The van der Waals surface area contributed by atoms with Crippen molar-refractivity contribution in [3.05, 3.63) is 78.4 Å². The standard InChI is InChI=1S/C30H33N5O5S/c1-4-40-24-13-9-8-12-23(24)31-30(37)35(18-16-21-14-15-25(38-2)26(20-21)39-3)19-17-27(36)32-29-34-33-28(41-29)22-10-6-5-7-11-22/h5-15,20H,4,16-19H2,1-3H3,(H,31,37)(H,32,34,36). The lowest BCUT2D eigenvalue weighted by atomic mass is 10.1. The number of carbonyl (C=O) groups excluding carboxylic acids is 2. The fourth-order valence-electron chi connectivity index (χ4n) is 4.05. The van der Waals surface area contributed by atoms with Crippen LogP contribution in [0.2, 0.25) is 0 Å². The first kappa shape index (κ1) is 29.3. The summed E-state index contributed by atoms with van der Waals surface area (Å²) < 4.78 is 16.4. The van der Waals surface area contributed by atoms with Gasteiger partial charge in [0.15, 0.2) is 11.5 Å². The van der Waals surface area contributed by atoms with Gasteiger partial charge >= 0.3 is 6.03 Å². The maximum Gasteiger partial charge on any atom is 0.321 e. The first-order chi connectivity index (χ1) is 20.0. The summed E-state index contributed by atoms with van der Waals surface area (Å²) >= 11 is 1.29. The summed E-state index contributed by atoms with van der Waals surface area (Å²) in [4.78, 5) is 27.8. The van der Waals surface area contributed by atoms with E-state index in [0.717, 1.165) is 11.1 Å². The lowest BCUT2D eigenvalue weighted by Crippen LogP contribution is -2.38. The number of hydrogen-bond donors (Lipinski definition) is 2. The van der Waals surface area contributed by atoms with Crippen molar-refractivity contribution in [2.24, 2.45) is 0 Å². The number of methoxy groups -OCH3 is 2. The molecule has 0 atom stereocenters. The van der Waals surface area contributed by atoms with E-state index < -0.39 is 0 Å². The second-order valence-corrected chi connectivity index (χ2v) is 9.84. The van der Waals surface area contributed by atoms with Crippen LogP contribution in [0, 0.1) is 0 Å². The number of para-hydroxylation sites is 2. The van der Waals surface area contributed by atoms with Crippen LogP contribution in [0.4, 0.5) is 15.6 Å². The third-order valence-electron chi connectivity index (χ3n) is 6.13. The number of aromatic nitrogens is 2. The van der Waals surface area contributed by atoms with Crippen LogP contribution in [0.1, 0.15) is 18.9 Å². The van der Waals surface area contributed by atoms with Crippen molar-refractivity contribution in [2.45, 2.75) is 19.8 Å². The normalized spacial score (nSPS) is 10.5. The second kappa shape index (κ2) is 14.7. The molecule has 4 rings (SSSR count). The van der Waals surface area contributed by atoms with Gasteiger partial charge in [-0.3, -0.25) is 4.79 Å². The van der Waals surface area contributed by atoms with Gasteiger partial charge in [-0.2, -0.15) is 0 Å². The molecule has 0 radical (unpaired) electrons. The molecule has 0 spiro atoms. The molecule has 10 nitrogen and oxygen atoms in total. The lowest BCUT2D eigenvalue weighted by Gasteiger charge is -2.24. The Morgan fingerprint density at radius 3 is 2.37 bits per heavy atom. The van der Waals surface area contributed by atoms with E-state index >= 15 is 0 Å². The molecule has 0 bridgehead atoms. The van der Waals surface area contributed by atoms with E-state index in [2.05, 4.69) is 20.8 Å². The largest absolute Gasteiger partial charge is 0.493 e. The highest BCUT2D eigenvalue weighted by Gasteiger charge is 2.18. The minimum Gasteiger partial charge on any atom is -0.493 e. The van der Waals surface area contributed by atoms with Gasteiger partial charge < -0.3 is 29.7 Å². The Morgan fingerprint density at radius 2 is 1.61 bits per heavy atom. The molecular weight excluding hydrogens is 542 g/mol. The second-order valence-electron chi connectivity index (χ2n) is 8.86. The Kier molecular flexibility index (Phi) is 10.5. The van der Waals surface area contributed by atoms with Crippen molar-refractivity contribution in [1.82, 2.24) is 15.1 Å². The molecule has 0 saturated heterocycles. The number of nitrogens with one attached hydrogen (secondary N) is 2. The first-order valence-electron chi connectivity index (χ1n) is 13.2. The van der Waals surface area contributed by atoms with Gasteiger partial charge in [0.05, 0.1) is 26.5 Å². The Bertz CT molecular complexity index is 1450. The molecular formula is C30H33N5O5S. The van der Waals surface area contributed by atoms with Gasteiger partial charge in [-0.1, -0.05) is 59.9 Å². The van der Waals surface area contributed by atoms with Crippen molar-refractivity contribution in [3.8, 4) is 27.8 Å². The molecule has 0 aliphatic rings. The summed E-state index contributed by atoms with van der Waals surface area (Å²) in [5, 5.41) is 15.1. The number of rotatable bonds is 13. The Balaban J connectivity index is 1.43. The van der Waals surface area contributed by atoms with E-state index in [9.17, 15) is 9.59 Å². The highest BCUT2D eigenvalue weighted by Crippen LogP contribution is 2.29. The van der Waals surface area contributed by atoms with Crippen LogP contribution in [-0.4, -0.2) is 61.0 Å². The maximum absolute atomic E-state index is 13.4. The molecule has 0 aliphatic carbocycles. The summed E-state index contributed by atoms with van der Waals surface area (Å²) in [6, 6.07) is 22.2. The Labute approximate surface area is 243 Å². The van der Waals surface area contributed by atoms with E-state index in [4.69, 9.17) is 14.2 Å². The fraction of sp³-hybridized carbons (Fsp3) is 0.267. The van der Waals surface area contributed by atoms with Gasteiger partial charge in [-0.15, -0.1) is 10.2 Å². The number of anilines is 2. The predicted octanol–water partition coefficient (Wildman–Crippen LogP) is 5.73. The minimum atomic E-state index is -0.340. The van der Waals surface area contributed by atoms with E-state index in [-0.39, 0.29) is 24.9 Å². The average molecular weight is 576 g/mol. The van der Waals surface area contributed by atoms with Gasteiger partial charge in [-0.25, -0.2) is 4.79 Å². The molecule has 214 valence electrons. The van der Waals surface area contributed by atoms with Crippen LogP contribution in [0.5, 0.6) is 17.2 Å². The summed E-state index contributed by atoms with van der Waals surface area (Å²) in [6.07, 6.45) is 0.617. The van der Waals surface area contributed by atoms with E-state index in [1.54, 1.807) is 31.3 Å². The highest BCUT2D eigenvalue weighted by molar-refractivity contribution is 7.18. The van der Waals surface area contributed by atoms with Gasteiger partial charge in [0.1, 0.15) is 10.8 Å². The van der Waals surface area contributed by atoms with Crippen molar-refractivity contribution in [3.63, 3.8) is 0 Å². The van der Waals surface area contributed by atoms with Crippen LogP contribution >= 0.6 is 11.3 Å². The van der Waals surface area contributed by atoms with Gasteiger partial charge in [0.2, 0.25) is 11.0 Å². The van der Waals surface area contributed by atoms with Crippen LogP contribution < -0.4 is 24.8 Å². The number of amides is 3. The first-order valence-corrected chi connectivity index (χ1v) is 14.0. The molecule has 41 heavy (non-hydrogen) atoms. The molecule has 11 heteroatoms. The van der Waals surface area contributed by atoms with Crippen molar-refractivity contribution in [2.75, 3.05) is 44.5 Å². The maximum atomic E-state index is 13.4. The average Bonchev–Trinajstić information content (AvgIpc) is 3.46. The number of nitrogens with zero attached hydrogens (tertiary/aromatic N) is 3. The third kappa shape index (κ3) is 8.18. The highest BCUT2D eigenvalue weighted by atomic mass is 32.1. The summed E-state index contributed by atoms with van der Waals surface area (Å²) in [7, 11) is 3.16. The zero-order valence-electron chi connectivity index (χ0n) is 23.3. The molecule has 0 unspecified atom stereocenters. The Hall–Kier alpha value is -4.64. The predicted molar refractivity (Wildman–Crippen MR) is 160 cm³/mol. The van der Waals surface area contributed by atoms with Crippen LogP contribution in [0.25, 0.3) is 10.6 Å². The smallest absolute Gasteiger partial charge is 0.321 e. The molecule has 2 N–H and O–H groups in total. The molecule has 3 aromatic carbocycles. The molecule has 0 saturated carbocycles. The molecule has 1 heterocycles. The molecule has 4 aromatic rings. The number of urea groups is 1. The van der Waals surface area contributed by atoms with Gasteiger partial charge in [0, 0.05) is 25.1 Å². The van der Waals surface area contributed by atoms with Crippen LogP contribution in [-0.2, 0) is 11.2 Å². The monoisotopic (exact) mass is 575 g/mol. The number of ether oxygens (including phenoxy) is 3. The summed E-state index contributed by atoms with van der Waals surface area (Å²) in [5.41, 5.74) is 2.44. The van der Waals surface area contributed by atoms with Crippen molar-refractivity contribution < 1.29 is 23.8 Å². The topological polar surface area (TPSA) is 115 Å². The van der Waals surface area contributed by atoms with Crippen LogP contribution in [0.3, 0.4) is 0 Å². The number of hydrogen-bond acceptors (Lipinski definition) is 8. The zero-order valence-corrected chi connectivity index (χ0v) is 24.1. The number of carbonyl (C=O) groups is 2. The Morgan fingerprint density at radius 1 is 0.854 bits per heavy atom.